The van der Waals surface area contributed by atoms with Gasteiger partial charge in [-0.1, -0.05) is 57.2 Å². The van der Waals surface area contributed by atoms with Gasteiger partial charge >= 0.3 is 21.2 Å². The van der Waals surface area contributed by atoms with Crippen molar-refractivity contribution in [3.63, 3.8) is 0 Å². The SMILES string of the molecule is COc1cccc(C(CC23[Si](OC(=O)C2(N)CCSC)OC(=O)C3(N)CC(SC)C(C)(C)C)c2ccccc2C)c1. The van der Waals surface area contributed by atoms with E-state index in [0.29, 0.717) is 25.0 Å². The maximum absolute atomic E-state index is 14.0. The molecule has 4 N–H and O–H groups in total. The number of hydrogen-bond donors (Lipinski definition) is 2. The van der Waals surface area contributed by atoms with E-state index in [4.69, 9.17) is 25.1 Å². The summed E-state index contributed by atoms with van der Waals surface area (Å²) >= 11 is 3.27. The Morgan fingerprint density at radius 3 is 2.22 bits per heavy atom. The largest absolute Gasteiger partial charge is 0.548 e. The molecule has 41 heavy (non-hydrogen) atoms. The molecule has 2 fully saturated rings. The van der Waals surface area contributed by atoms with Crippen LogP contribution in [0, 0.1) is 12.3 Å². The second-order valence-electron chi connectivity index (χ2n) is 12.3. The molecule has 0 spiro atoms. The summed E-state index contributed by atoms with van der Waals surface area (Å²) in [4.78, 5) is 27.8. The summed E-state index contributed by atoms with van der Waals surface area (Å²) in [5.41, 5.74) is 14.6. The van der Waals surface area contributed by atoms with E-state index in [1.54, 1.807) is 30.6 Å². The molecule has 0 saturated carbocycles. The van der Waals surface area contributed by atoms with Crippen LogP contribution in [-0.4, -0.2) is 62.9 Å². The summed E-state index contributed by atoms with van der Waals surface area (Å²) in [5.74, 6) is 0.0466. The number of aryl methyl sites for hydroxylation is 1. The first-order chi connectivity index (χ1) is 19.3. The average Bonchev–Trinajstić information content (AvgIpc) is 3.27. The Hall–Kier alpha value is -1.98. The number of thioether (sulfide) groups is 2. The number of ether oxygens (including phenoxy) is 1. The van der Waals surface area contributed by atoms with Crippen molar-refractivity contribution in [1.29, 1.82) is 0 Å². The summed E-state index contributed by atoms with van der Waals surface area (Å²) in [6.07, 6.45) is 4.98. The van der Waals surface area contributed by atoms with Crippen LogP contribution in [0.1, 0.15) is 62.6 Å². The Labute approximate surface area is 254 Å². The van der Waals surface area contributed by atoms with E-state index in [1.807, 2.05) is 42.8 Å². The molecule has 2 heterocycles. The smallest absolute Gasteiger partial charge is 0.497 e. The maximum atomic E-state index is 14.0. The van der Waals surface area contributed by atoms with Gasteiger partial charge in [0.2, 0.25) is 0 Å². The standard InChI is InChI=1S/C31H43N2O5S2Si/c1-20-11-8-9-14-23(20)24(21-12-10-13-22(17-21)36-5)18-31-29(32,15-16-39-6)26(34)37-41(31)38-27(35)30(31,33)19-25(40-7)28(2,3)4/h8-14,17,24-25H,15-16,18-19,32-33H2,1-7H3. The molecule has 2 aromatic rings. The van der Waals surface area contributed by atoms with Gasteiger partial charge in [-0.25, -0.2) is 0 Å². The first-order valence-electron chi connectivity index (χ1n) is 13.9. The summed E-state index contributed by atoms with van der Waals surface area (Å²) < 4.78 is 17.6. The number of carbonyl (C=O) groups is 2. The van der Waals surface area contributed by atoms with Crippen LogP contribution in [0.4, 0.5) is 0 Å². The van der Waals surface area contributed by atoms with E-state index in [0.717, 1.165) is 22.4 Å². The van der Waals surface area contributed by atoms with Crippen LogP contribution in [0.25, 0.3) is 0 Å². The summed E-state index contributed by atoms with van der Waals surface area (Å²) in [6.45, 7) is 8.49. The lowest BCUT2D eigenvalue weighted by Gasteiger charge is -2.48. The molecule has 10 heteroatoms. The first-order valence-corrected chi connectivity index (χ1v) is 17.9. The number of rotatable bonds is 11. The number of fused-ring (bicyclic) bond motifs is 1. The van der Waals surface area contributed by atoms with Gasteiger partial charge < -0.3 is 25.1 Å². The molecule has 0 bridgehead atoms. The number of carbonyl (C=O) groups excluding carboxylic acids is 2. The Bertz CT molecular complexity index is 1290. The van der Waals surface area contributed by atoms with E-state index in [-0.39, 0.29) is 16.6 Å². The predicted octanol–water partition coefficient (Wildman–Crippen LogP) is 5.18. The lowest BCUT2D eigenvalue weighted by atomic mass is 9.62. The van der Waals surface area contributed by atoms with Gasteiger partial charge in [-0.05, 0) is 78.7 Å². The molecule has 5 atom stereocenters. The summed E-state index contributed by atoms with van der Waals surface area (Å²) in [5, 5.41) is -1.23. The van der Waals surface area contributed by atoms with Crippen LogP contribution in [0.3, 0.4) is 0 Å². The topological polar surface area (TPSA) is 114 Å². The van der Waals surface area contributed by atoms with E-state index in [1.165, 1.54) is 0 Å². The molecule has 2 aliphatic rings. The first kappa shape index (κ1) is 31.9. The molecule has 2 aliphatic heterocycles. The van der Waals surface area contributed by atoms with Gasteiger partial charge in [-0.15, -0.1) is 0 Å². The molecule has 2 aromatic carbocycles. The van der Waals surface area contributed by atoms with Gasteiger partial charge in [0, 0.05) is 11.2 Å². The fourth-order valence-corrected chi connectivity index (χ4v) is 10.8. The molecule has 0 amide bonds. The second-order valence-corrected chi connectivity index (χ2v) is 16.2. The predicted molar refractivity (Wildman–Crippen MR) is 169 cm³/mol. The zero-order valence-electron chi connectivity index (χ0n) is 25.1. The van der Waals surface area contributed by atoms with E-state index < -0.39 is 37.3 Å². The highest BCUT2D eigenvalue weighted by Crippen LogP contribution is 2.66. The Kier molecular flexibility index (Phi) is 9.31. The highest BCUT2D eigenvalue weighted by molar-refractivity contribution is 7.99. The molecule has 7 nitrogen and oxygen atoms in total. The van der Waals surface area contributed by atoms with Crippen LogP contribution in [0.2, 0.25) is 5.04 Å². The number of hydrogen-bond acceptors (Lipinski definition) is 9. The van der Waals surface area contributed by atoms with Gasteiger partial charge in [0.15, 0.2) is 0 Å². The Morgan fingerprint density at radius 1 is 0.976 bits per heavy atom. The van der Waals surface area contributed by atoms with Gasteiger partial charge in [0.1, 0.15) is 16.8 Å². The molecular weight excluding hydrogens is 573 g/mol. The molecule has 0 aromatic heterocycles. The molecule has 223 valence electrons. The Morgan fingerprint density at radius 2 is 1.63 bits per heavy atom. The van der Waals surface area contributed by atoms with Crippen LogP contribution >= 0.6 is 23.5 Å². The highest BCUT2D eigenvalue weighted by atomic mass is 32.2. The molecular formula is C31H43N2O5S2Si. The minimum atomic E-state index is -2.55. The molecule has 1 radical (unpaired) electrons. The lowest BCUT2D eigenvalue weighted by molar-refractivity contribution is -0.147. The fourth-order valence-electron chi connectivity index (χ4n) is 6.53. The van der Waals surface area contributed by atoms with Crippen molar-refractivity contribution in [3.8, 4) is 5.75 Å². The van der Waals surface area contributed by atoms with Crippen molar-refractivity contribution >= 4 is 44.7 Å². The summed E-state index contributed by atoms with van der Waals surface area (Å²) in [6, 6.07) is 16.1. The quantitative estimate of drug-likeness (QED) is 0.330. The van der Waals surface area contributed by atoms with Crippen molar-refractivity contribution in [1.82, 2.24) is 0 Å². The van der Waals surface area contributed by atoms with E-state index in [9.17, 15) is 9.59 Å². The van der Waals surface area contributed by atoms with Crippen molar-refractivity contribution in [2.45, 2.75) is 74.2 Å². The van der Waals surface area contributed by atoms with Crippen molar-refractivity contribution < 1.29 is 23.2 Å². The third-order valence-electron chi connectivity index (χ3n) is 9.00. The lowest BCUT2D eigenvalue weighted by Crippen LogP contribution is -2.68. The van der Waals surface area contributed by atoms with Gasteiger partial charge in [0.05, 0.1) is 12.1 Å². The highest BCUT2D eigenvalue weighted by Gasteiger charge is 2.84. The number of methoxy groups -OCH3 is 1. The second kappa shape index (κ2) is 12.0. The molecule has 2 saturated heterocycles. The fraction of sp³-hybridized carbons (Fsp3) is 0.548. The van der Waals surface area contributed by atoms with Crippen molar-refractivity contribution in [3.05, 3.63) is 65.2 Å². The minimum absolute atomic E-state index is 0.00695. The van der Waals surface area contributed by atoms with Crippen LogP contribution in [0.5, 0.6) is 5.75 Å². The number of benzene rings is 2. The monoisotopic (exact) mass is 615 g/mol. The molecule has 4 rings (SSSR count). The third kappa shape index (κ3) is 5.35. The van der Waals surface area contributed by atoms with Crippen LogP contribution in [0.15, 0.2) is 48.5 Å². The molecule has 0 aliphatic carbocycles. The minimum Gasteiger partial charge on any atom is -0.497 e. The van der Waals surface area contributed by atoms with Crippen molar-refractivity contribution in [2.75, 3.05) is 25.4 Å². The van der Waals surface area contributed by atoms with Crippen LogP contribution < -0.4 is 16.2 Å². The van der Waals surface area contributed by atoms with E-state index in [2.05, 4.69) is 45.9 Å². The average molecular weight is 616 g/mol. The zero-order chi connectivity index (χ0) is 30.2. The van der Waals surface area contributed by atoms with Gasteiger partial charge in [-0.2, -0.15) is 23.5 Å². The van der Waals surface area contributed by atoms with Gasteiger partial charge in [-0.3, -0.25) is 9.59 Å². The third-order valence-corrected chi connectivity index (χ3v) is 13.6. The Balaban J connectivity index is 2.00. The summed E-state index contributed by atoms with van der Waals surface area (Å²) in [7, 11) is -0.910. The maximum Gasteiger partial charge on any atom is 0.548 e. The van der Waals surface area contributed by atoms with E-state index >= 15 is 0 Å². The number of nitrogens with two attached hydrogens (primary N) is 2. The molecule has 5 unspecified atom stereocenters. The van der Waals surface area contributed by atoms with Gasteiger partial charge in [0.25, 0.3) is 0 Å². The normalized spacial score (nSPS) is 27.7. The van der Waals surface area contributed by atoms with Crippen LogP contribution in [-0.2, 0) is 18.4 Å². The van der Waals surface area contributed by atoms with Crippen molar-refractivity contribution in [2.24, 2.45) is 16.9 Å². The zero-order valence-corrected chi connectivity index (χ0v) is 27.7.